The van der Waals surface area contributed by atoms with Gasteiger partial charge in [0.15, 0.2) is 0 Å². The van der Waals surface area contributed by atoms with E-state index in [0.717, 1.165) is 38.5 Å². The first kappa shape index (κ1) is 46.2. The maximum absolute atomic E-state index is 13.6. The van der Waals surface area contributed by atoms with E-state index in [1.807, 2.05) is 32.0 Å². The van der Waals surface area contributed by atoms with Crippen LogP contribution in [0.15, 0.2) is 42.9 Å². The number of aliphatic hydroxyl groups excluding tert-OH is 1. The Kier molecular flexibility index (Phi) is 19.6. The van der Waals surface area contributed by atoms with Crippen molar-refractivity contribution in [2.75, 3.05) is 19.8 Å². The summed E-state index contributed by atoms with van der Waals surface area (Å²) >= 11 is 0. The van der Waals surface area contributed by atoms with Crippen LogP contribution in [0.2, 0.25) is 0 Å². The summed E-state index contributed by atoms with van der Waals surface area (Å²) < 4.78 is 22.9. The average Bonchev–Trinajstić information content (AvgIpc) is 3.88. The summed E-state index contributed by atoms with van der Waals surface area (Å²) in [7, 11) is -4.68. The molecule has 7 atom stereocenters. The number of hydrogen-bond donors (Lipinski definition) is 9. The zero-order valence-corrected chi connectivity index (χ0v) is 33.3. The largest absolute Gasteiger partial charge is 0.472 e. The van der Waals surface area contributed by atoms with Gasteiger partial charge in [0, 0.05) is 18.3 Å². The molecule has 1 aromatic heterocycles. The quantitative estimate of drug-likeness (QED) is 0.0474. The first-order valence-corrected chi connectivity index (χ1v) is 20.7. The number of carbonyl (C=O) groups excluding carboxylic acids is 5. The minimum atomic E-state index is -4.68. The molecule has 1 fully saturated rings. The number of phosphoric acid groups is 1. The third-order valence-corrected chi connectivity index (χ3v) is 10.3. The molecule has 0 spiro atoms. The van der Waals surface area contributed by atoms with Gasteiger partial charge in [-0.2, -0.15) is 0 Å². The van der Waals surface area contributed by atoms with Crippen molar-refractivity contribution >= 4 is 37.4 Å². The lowest BCUT2D eigenvalue weighted by Gasteiger charge is -2.27. The molecule has 1 saturated heterocycles. The van der Waals surface area contributed by atoms with Crippen molar-refractivity contribution in [3.05, 3.63) is 54.1 Å². The van der Waals surface area contributed by atoms with Crippen LogP contribution in [0.5, 0.6) is 0 Å². The number of phosphoric ester groups is 1. The molecular weight excluding hydrogens is 747 g/mol. The van der Waals surface area contributed by atoms with E-state index in [-0.39, 0.29) is 31.3 Å². The zero-order valence-electron chi connectivity index (χ0n) is 32.4. The van der Waals surface area contributed by atoms with Gasteiger partial charge in [-0.3, -0.25) is 33.0 Å². The lowest BCUT2D eigenvalue weighted by molar-refractivity contribution is -0.135. The highest BCUT2D eigenvalue weighted by molar-refractivity contribution is 7.47. The number of hydrogen-bond acceptors (Lipinski definition) is 11. The molecule has 1 unspecified atom stereocenters. The highest BCUT2D eigenvalue weighted by atomic mass is 31.2. The Morgan fingerprint density at radius 3 is 2.21 bits per heavy atom. The number of unbranched alkanes of at least 4 members (excludes halogenated alkanes) is 4. The number of aromatic nitrogens is 2. The van der Waals surface area contributed by atoms with Gasteiger partial charge in [0.05, 0.1) is 31.7 Å². The van der Waals surface area contributed by atoms with Crippen LogP contribution in [0.4, 0.5) is 0 Å². The first-order valence-electron chi connectivity index (χ1n) is 19.2. The normalized spacial score (nSPS) is 17.9. The number of aliphatic hydroxyl groups is 1. The Morgan fingerprint density at radius 1 is 0.929 bits per heavy atom. The topological polar surface area (TPSA) is 276 Å². The summed E-state index contributed by atoms with van der Waals surface area (Å²) in [5.41, 5.74) is 7.23. The van der Waals surface area contributed by atoms with Crippen molar-refractivity contribution in [3.8, 4) is 0 Å². The SMILES string of the molecule is CC(C)C[C@H](NC(=O)[C@@H]1CCCN1)C(=O)N[C@@H](Cc1cnc[nH]1)C(=O)N[C@@H](CO)C(=O)N[C@H](C(N)=O)[C@@H](C)OP(=O)(O)OCCCCCCCc1ccccc1. The van der Waals surface area contributed by atoms with E-state index in [2.05, 4.69) is 48.7 Å². The molecule has 312 valence electrons. The van der Waals surface area contributed by atoms with Crippen molar-refractivity contribution in [1.82, 2.24) is 36.6 Å². The predicted molar refractivity (Wildman–Crippen MR) is 206 cm³/mol. The highest BCUT2D eigenvalue weighted by Crippen LogP contribution is 2.45. The molecule has 1 aliphatic rings. The number of aryl methyl sites for hydroxylation is 1. The number of nitrogens with two attached hydrogens (primary N) is 1. The molecule has 0 radical (unpaired) electrons. The van der Waals surface area contributed by atoms with E-state index in [1.54, 1.807) is 0 Å². The molecule has 1 aromatic carbocycles. The van der Waals surface area contributed by atoms with Crippen molar-refractivity contribution < 1.29 is 47.6 Å². The third-order valence-electron chi connectivity index (χ3n) is 9.22. The second-order valence-electron chi connectivity index (χ2n) is 14.4. The van der Waals surface area contributed by atoms with Crippen molar-refractivity contribution in [2.24, 2.45) is 11.7 Å². The van der Waals surface area contributed by atoms with Gasteiger partial charge in [0.2, 0.25) is 29.5 Å². The Morgan fingerprint density at radius 2 is 1.59 bits per heavy atom. The van der Waals surface area contributed by atoms with Crippen molar-refractivity contribution in [2.45, 2.75) is 121 Å². The number of nitrogens with one attached hydrogen (secondary N) is 6. The van der Waals surface area contributed by atoms with Gasteiger partial charge in [-0.05, 0) is 63.5 Å². The molecule has 2 aromatic rings. The van der Waals surface area contributed by atoms with Crippen LogP contribution >= 0.6 is 7.82 Å². The molecule has 10 N–H and O–H groups in total. The van der Waals surface area contributed by atoms with Crippen LogP contribution in [0.25, 0.3) is 0 Å². The van der Waals surface area contributed by atoms with Crippen LogP contribution in [0.1, 0.15) is 83.4 Å². The minimum absolute atomic E-state index is 0.00587. The van der Waals surface area contributed by atoms with Crippen molar-refractivity contribution in [1.29, 1.82) is 0 Å². The van der Waals surface area contributed by atoms with Crippen LogP contribution < -0.4 is 32.3 Å². The Labute approximate surface area is 327 Å². The van der Waals surface area contributed by atoms with Crippen LogP contribution in [-0.4, -0.2) is 106 Å². The first-order chi connectivity index (χ1) is 26.7. The fraction of sp³-hybridized carbons (Fsp3) is 0.622. The number of primary amides is 1. The lowest BCUT2D eigenvalue weighted by Crippen LogP contribution is -2.61. The molecule has 18 nitrogen and oxygen atoms in total. The fourth-order valence-corrected chi connectivity index (χ4v) is 7.17. The molecule has 5 amide bonds. The highest BCUT2D eigenvalue weighted by Gasteiger charge is 2.36. The number of imidazole rings is 1. The summed E-state index contributed by atoms with van der Waals surface area (Å²) in [5.74, 6) is -4.03. The van der Waals surface area contributed by atoms with Crippen LogP contribution in [-0.2, 0) is 50.4 Å². The summed E-state index contributed by atoms with van der Waals surface area (Å²) in [5, 5.41) is 23.2. The standard InChI is InChI=1S/C37H59N8O10P/c1-24(2)19-29(42-34(48)28-16-12-17-40-28)35(49)43-30(20-27-21-39-23-41-27)36(50)44-31(22-46)37(51)45-32(33(38)47)25(3)55-56(52,53)54-18-11-6-4-5-8-13-26-14-9-7-10-15-26/h7,9-10,14-15,21,23-25,28-32,40,46H,4-6,8,11-13,16-20,22H2,1-3H3,(H2,38,47)(H,39,41)(H,42,48)(H,43,49)(H,44,50)(H,45,51)(H,52,53)/t25-,28+,29+,30+,31+,32+/m1/s1. The number of H-pyrrole nitrogens is 1. The molecular formula is C37H59N8O10P. The molecule has 0 saturated carbocycles. The summed E-state index contributed by atoms with van der Waals surface area (Å²) in [6.07, 6.45) is 8.15. The van der Waals surface area contributed by atoms with E-state index >= 15 is 0 Å². The van der Waals surface area contributed by atoms with Crippen LogP contribution in [0.3, 0.4) is 0 Å². The number of carbonyl (C=O) groups is 5. The second-order valence-corrected chi connectivity index (χ2v) is 15.8. The van der Waals surface area contributed by atoms with E-state index in [4.69, 9.17) is 14.8 Å². The molecule has 3 rings (SSSR count). The van der Waals surface area contributed by atoms with Gasteiger partial charge in [-0.1, -0.05) is 63.4 Å². The van der Waals surface area contributed by atoms with E-state index < -0.39 is 74.4 Å². The molecule has 2 heterocycles. The maximum Gasteiger partial charge on any atom is 0.472 e. The van der Waals surface area contributed by atoms with E-state index in [0.29, 0.717) is 25.1 Å². The summed E-state index contributed by atoms with van der Waals surface area (Å²) in [4.78, 5) is 82.7. The smallest absolute Gasteiger partial charge is 0.394 e. The Balaban J connectivity index is 1.55. The van der Waals surface area contributed by atoms with Gasteiger partial charge >= 0.3 is 7.82 Å². The van der Waals surface area contributed by atoms with E-state index in [9.17, 15) is 38.5 Å². The zero-order chi connectivity index (χ0) is 41.1. The second kappa shape index (κ2) is 23.8. The number of rotatable bonds is 26. The van der Waals surface area contributed by atoms with E-state index in [1.165, 1.54) is 25.0 Å². The maximum atomic E-state index is 13.6. The van der Waals surface area contributed by atoms with Gasteiger partial charge in [-0.25, -0.2) is 9.55 Å². The average molecular weight is 807 g/mol. The number of benzene rings is 1. The minimum Gasteiger partial charge on any atom is -0.394 e. The van der Waals surface area contributed by atoms with Gasteiger partial charge in [0.25, 0.3) is 0 Å². The van der Waals surface area contributed by atoms with Crippen molar-refractivity contribution in [3.63, 3.8) is 0 Å². The van der Waals surface area contributed by atoms with Gasteiger partial charge in [0.1, 0.15) is 24.2 Å². The number of nitrogens with zero attached hydrogens (tertiary/aromatic N) is 1. The third kappa shape index (κ3) is 16.5. The fourth-order valence-electron chi connectivity index (χ4n) is 6.21. The predicted octanol–water partition coefficient (Wildman–Crippen LogP) is 0.882. The number of aromatic amines is 1. The molecule has 1 aliphatic heterocycles. The molecule has 19 heteroatoms. The number of amides is 5. The Hall–Kier alpha value is -4.19. The lowest BCUT2D eigenvalue weighted by atomic mass is 10.0. The summed E-state index contributed by atoms with van der Waals surface area (Å²) in [6.45, 7) is 4.67. The molecule has 56 heavy (non-hydrogen) atoms. The monoisotopic (exact) mass is 806 g/mol. The molecule has 0 bridgehead atoms. The summed E-state index contributed by atoms with van der Waals surface area (Å²) in [6, 6.07) is 4.11. The Bertz CT molecular complexity index is 1580. The van der Waals surface area contributed by atoms with Gasteiger partial charge < -0.3 is 47.3 Å². The molecule has 0 aliphatic carbocycles. The van der Waals surface area contributed by atoms with Crippen LogP contribution in [0, 0.1) is 5.92 Å². The van der Waals surface area contributed by atoms with Gasteiger partial charge in [-0.15, -0.1) is 0 Å².